The topological polar surface area (TPSA) is 57.6 Å². The molecule has 4 atom stereocenters. The fraction of sp³-hybridized carbons (Fsp3) is 0.714. The lowest BCUT2D eigenvalue weighted by Crippen LogP contribution is -2.41. The number of fused-ring (bicyclic) bond motifs is 2. The number of carboxylic acid groups (broad SMARTS) is 1. The largest absolute Gasteiger partial charge is 0.481 e. The fourth-order valence-corrected chi connectivity index (χ4v) is 3.53. The van der Waals surface area contributed by atoms with Gasteiger partial charge in [-0.2, -0.15) is 0 Å². The molecule has 2 bridgehead atoms. The van der Waals surface area contributed by atoms with Gasteiger partial charge in [-0.05, 0) is 37.0 Å². The highest BCUT2D eigenvalue weighted by molar-refractivity contribution is 5.86. The van der Waals surface area contributed by atoms with Gasteiger partial charge in [-0.3, -0.25) is 9.59 Å². The van der Waals surface area contributed by atoms with Gasteiger partial charge in [-0.1, -0.05) is 12.2 Å². The van der Waals surface area contributed by atoms with E-state index in [1.807, 2.05) is 19.2 Å². The molecule has 98 valence electrons. The summed E-state index contributed by atoms with van der Waals surface area (Å²) in [5, 5.41) is 9.33. The highest BCUT2D eigenvalue weighted by atomic mass is 16.4. The molecule has 1 N–H and O–H groups in total. The number of hydrogen-bond donors (Lipinski definition) is 1. The second-order valence-corrected chi connectivity index (χ2v) is 6.00. The van der Waals surface area contributed by atoms with Crippen molar-refractivity contribution in [3.05, 3.63) is 12.2 Å². The van der Waals surface area contributed by atoms with E-state index in [4.69, 9.17) is 0 Å². The van der Waals surface area contributed by atoms with Gasteiger partial charge in [0.2, 0.25) is 5.91 Å². The highest BCUT2D eigenvalue weighted by Crippen LogP contribution is 2.48. The van der Waals surface area contributed by atoms with Crippen LogP contribution in [0.4, 0.5) is 0 Å². The van der Waals surface area contributed by atoms with Gasteiger partial charge in [0.15, 0.2) is 0 Å². The molecule has 4 nitrogen and oxygen atoms in total. The Morgan fingerprint density at radius 1 is 1.22 bits per heavy atom. The molecule has 18 heavy (non-hydrogen) atoms. The van der Waals surface area contributed by atoms with Gasteiger partial charge in [0.25, 0.3) is 0 Å². The van der Waals surface area contributed by atoms with Crippen molar-refractivity contribution >= 4 is 11.9 Å². The summed E-state index contributed by atoms with van der Waals surface area (Å²) >= 11 is 0. The first-order valence-electron chi connectivity index (χ1n) is 6.74. The van der Waals surface area contributed by atoms with E-state index in [9.17, 15) is 14.7 Å². The molecule has 3 aliphatic carbocycles. The first-order chi connectivity index (χ1) is 8.58. The molecule has 3 aliphatic rings. The summed E-state index contributed by atoms with van der Waals surface area (Å²) in [6.07, 6.45) is 7.27. The maximum Gasteiger partial charge on any atom is 0.307 e. The van der Waals surface area contributed by atoms with Crippen molar-refractivity contribution in [3.8, 4) is 0 Å². The number of allylic oxidation sites excluding steroid dienone is 2. The summed E-state index contributed by atoms with van der Waals surface area (Å²) in [5.74, 6) is -0.760. The van der Waals surface area contributed by atoms with Crippen molar-refractivity contribution in [3.63, 3.8) is 0 Å². The van der Waals surface area contributed by atoms with E-state index in [1.54, 1.807) is 4.90 Å². The molecule has 2 fully saturated rings. The molecular formula is C14H19NO3. The smallest absolute Gasteiger partial charge is 0.307 e. The van der Waals surface area contributed by atoms with Crippen LogP contribution in [0.25, 0.3) is 0 Å². The predicted octanol–water partition coefficient (Wildman–Crippen LogP) is 1.38. The third kappa shape index (κ3) is 1.84. The van der Waals surface area contributed by atoms with E-state index >= 15 is 0 Å². The molecule has 3 rings (SSSR count). The molecule has 0 aromatic rings. The highest BCUT2D eigenvalue weighted by Gasteiger charge is 2.52. The summed E-state index contributed by atoms with van der Waals surface area (Å²) < 4.78 is 0. The van der Waals surface area contributed by atoms with Crippen LogP contribution in [-0.4, -0.2) is 35.5 Å². The zero-order valence-electron chi connectivity index (χ0n) is 10.6. The molecule has 0 saturated heterocycles. The Bertz CT molecular complexity index is 413. The van der Waals surface area contributed by atoms with Crippen LogP contribution < -0.4 is 0 Å². The lowest BCUT2D eigenvalue weighted by molar-refractivity contribution is -0.150. The Morgan fingerprint density at radius 2 is 1.83 bits per heavy atom. The number of nitrogens with zero attached hydrogens (tertiary/aromatic N) is 1. The van der Waals surface area contributed by atoms with E-state index in [1.165, 1.54) is 12.8 Å². The van der Waals surface area contributed by atoms with Crippen LogP contribution in [-0.2, 0) is 9.59 Å². The zero-order valence-corrected chi connectivity index (χ0v) is 10.6. The average Bonchev–Trinajstić information content (AvgIpc) is 2.91. The Kier molecular flexibility index (Phi) is 2.68. The van der Waals surface area contributed by atoms with Crippen LogP contribution >= 0.6 is 0 Å². The molecule has 2 saturated carbocycles. The van der Waals surface area contributed by atoms with Crippen LogP contribution in [0, 0.1) is 29.6 Å². The number of carboxylic acids is 1. The zero-order chi connectivity index (χ0) is 12.9. The summed E-state index contributed by atoms with van der Waals surface area (Å²) in [5.41, 5.74) is 0. The van der Waals surface area contributed by atoms with Crippen LogP contribution in [0.1, 0.15) is 19.3 Å². The third-order valence-corrected chi connectivity index (χ3v) is 4.63. The van der Waals surface area contributed by atoms with Crippen molar-refractivity contribution < 1.29 is 14.7 Å². The lowest BCUT2D eigenvalue weighted by atomic mass is 9.82. The molecule has 0 aliphatic heterocycles. The van der Waals surface area contributed by atoms with E-state index in [0.717, 1.165) is 13.0 Å². The van der Waals surface area contributed by atoms with Crippen LogP contribution in [0.5, 0.6) is 0 Å². The van der Waals surface area contributed by atoms with E-state index in [0.29, 0.717) is 5.92 Å². The SMILES string of the molecule is CN(CC1CC1)C(=O)C1C2C=CC(C2)C1C(=O)O. The van der Waals surface area contributed by atoms with E-state index in [2.05, 4.69) is 0 Å². The first-order valence-corrected chi connectivity index (χ1v) is 6.74. The number of hydrogen-bond acceptors (Lipinski definition) is 2. The predicted molar refractivity (Wildman–Crippen MR) is 65.7 cm³/mol. The number of carbonyl (C=O) groups excluding carboxylic acids is 1. The quantitative estimate of drug-likeness (QED) is 0.766. The molecule has 0 spiro atoms. The maximum absolute atomic E-state index is 12.4. The average molecular weight is 249 g/mol. The second-order valence-electron chi connectivity index (χ2n) is 6.00. The summed E-state index contributed by atoms with van der Waals surface area (Å²) in [7, 11) is 1.81. The van der Waals surface area contributed by atoms with Crippen molar-refractivity contribution in [2.75, 3.05) is 13.6 Å². The Labute approximate surface area is 107 Å². The standard InChI is InChI=1S/C14H19NO3/c1-15(7-8-2-3-8)13(16)11-9-4-5-10(6-9)12(11)14(17)18/h4-5,8-12H,2-3,6-7H2,1H3,(H,17,18). The summed E-state index contributed by atoms with van der Waals surface area (Å²) in [4.78, 5) is 25.6. The first kappa shape index (κ1) is 11.8. The van der Waals surface area contributed by atoms with Gasteiger partial charge >= 0.3 is 5.97 Å². The van der Waals surface area contributed by atoms with Crippen LogP contribution in [0.3, 0.4) is 0 Å². The van der Waals surface area contributed by atoms with Crippen LogP contribution in [0.15, 0.2) is 12.2 Å². The normalized spacial score (nSPS) is 36.9. The molecule has 0 aromatic carbocycles. The van der Waals surface area contributed by atoms with Crippen molar-refractivity contribution in [2.24, 2.45) is 29.6 Å². The molecule has 0 radical (unpaired) electrons. The molecule has 0 heterocycles. The fourth-order valence-electron chi connectivity index (χ4n) is 3.53. The molecule has 0 aromatic heterocycles. The van der Waals surface area contributed by atoms with E-state index in [-0.39, 0.29) is 23.7 Å². The van der Waals surface area contributed by atoms with Gasteiger partial charge in [-0.15, -0.1) is 0 Å². The Balaban J connectivity index is 1.75. The number of aliphatic carboxylic acids is 1. The van der Waals surface area contributed by atoms with Crippen molar-refractivity contribution in [1.29, 1.82) is 0 Å². The van der Waals surface area contributed by atoms with Crippen molar-refractivity contribution in [1.82, 2.24) is 4.90 Å². The number of rotatable bonds is 4. The number of amides is 1. The van der Waals surface area contributed by atoms with E-state index < -0.39 is 11.9 Å². The van der Waals surface area contributed by atoms with Gasteiger partial charge in [0.05, 0.1) is 11.8 Å². The Morgan fingerprint density at radius 3 is 2.39 bits per heavy atom. The van der Waals surface area contributed by atoms with Crippen LogP contribution in [0.2, 0.25) is 0 Å². The minimum Gasteiger partial charge on any atom is -0.481 e. The molecular weight excluding hydrogens is 230 g/mol. The molecule has 4 heteroatoms. The van der Waals surface area contributed by atoms with Crippen molar-refractivity contribution in [2.45, 2.75) is 19.3 Å². The summed E-state index contributed by atoms with van der Waals surface area (Å²) in [6.45, 7) is 0.794. The maximum atomic E-state index is 12.4. The molecule has 4 unspecified atom stereocenters. The van der Waals surface area contributed by atoms with Gasteiger partial charge in [-0.25, -0.2) is 0 Å². The lowest BCUT2D eigenvalue weighted by Gasteiger charge is -2.28. The monoisotopic (exact) mass is 249 g/mol. The van der Waals surface area contributed by atoms with Gasteiger partial charge in [0.1, 0.15) is 0 Å². The number of carbonyl (C=O) groups is 2. The minimum absolute atomic E-state index is 0.0335. The third-order valence-electron chi connectivity index (χ3n) is 4.63. The summed E-state index contributed by atoms with van der Waals surface area (Å²) in [6, 6.07) is 0. The molecule has 1 amide bonds. The minimum atomic E-state index is -0.815. The van der Waals surface area contributed by atoms with Gasteiger partial charge < -0.3 is 10.0 Å². The Hall–Kier alpha value is -1.32. The van der Waals surface area contributed by atoms with Gasteiger partial charge in [0, 0.05) is 13.6 Å². The second kappa shape index (κ2) is 4.11.